The van der Waals surface area contributed by atoms with E-state index in [1.54, 1.807) is 14.2 Å². The average molecular weight is 265 g/mol. The summed E-state index contributed by atoms with van der Waals surface area (Å²) in [5, 5.41) is 6.41. The number of methoxy groups -OCH3 is 1. The molecule has 0 saturated heterocycles. The van der Waals surface area contributed by atoms with Crippen molar-refractivity contribution in [3.8, 4) is 0 Å². The van der Waals surface area contributed by atoms with Crippen molar-refractivity contribution in [1.82, 2.24) is 15.6 Å². The van der Waals surface area contributed by atoms with Gasteiger partial charge in [0.15, 0.2) is 5.96 Å². The van der Waals surface area contributed by atoms with Gasteiger partial charge < -0.3 is 20.3 Å². The number of hydrogen-bond acceptors (Lipinski definition) is 4. The summed E-state index contributed by atoms with van der Waals surface area (Å²) in [6.07, 6.45) is 1.81. The molecule has 106 valence electrons. The Morgan fingerprint density at radius 2 is 2.21 bits per heavy atom. The van der Waals surface area contributed by atoms with Gasteiger partial charge in [0.25, 0.3) is 0 Å². The van der Waals surface area contributed by atoms with Gasteiger partial charge in [-0.2, -0.15) is 0 Å². The lowest BCUT2D eigenvalue weighted by molar-refractivity contribution is 0.203. The van der Waals surface area contributed by atoms with Crippen molar-refractivity contribution in [3.63, 3.8) is 0 Å². The molecule has 0 aliphatic carbocycles. The minimum absolute atomic E-state index is 0.654. The van der Waals surface area contributed by atoms with Gasteiger partial charge in [0.2, 0.25) is 0 Å². The monoisotopic (exact) mass is 265 g/mol. The van der Waals surface area contributed by atoms with Gasteiger partial charge in [-0.3, -0.25) is 4.99 Å². The van der Waals surface area contributed by atoms with Crippen molar-refractivity contribution in [2.45, 2.75) is 6.54 Å². The van der Waals surface area contributed by atoms with Crippen LogP contribution in [0.4, 0.5) is 5.82 Å². The maximum atomic E-state index is 4.98. The minimum atomic E-state index is 0.654. The van der Waals surface area contributed by atoms with E-state index in [9.17, 15) is 0 Å². The molecule has 0 spiro atoms. The maximum Gasteiger partial charge on any atom is 0.191 e. The van der Waals surface area contributed by atoms with Gasteiger partial charge in [-0.15, -0.1) is 0 Å². The van der Waals surface area contributed by atoms with Crippen molar-refractivity contribution in [2.24, 2.45) is 4.99 Å². The number of aliphatic imine (C=N–C) groups is 1. The van der Waals surface area contributed by atoms with Gasteiger partial charge in [0, 0.05) is 47.5 Å². The number of nitrogens with zero attached hydrogens (tertiary/aromatic N) is 3. The molecule has 0 aliphatic heterocycles. The summed E-state index contributed by atoms with van der Waals surface area (Å²) < 4.78 is 4.98. The molecule has 0 atom stereocenters. The second-order valence-corrected chi connectivity index (χ2v) is 4.26. The van der Waals surface area contributed by atoms with Gasteiger partial charge >= 0.3 is 0 Å². The highest BCUT2D eigenvalue weighted by Gasteiger charge is 2.01. The Labute approximate surface area is 114 Å². The molecule has 1 heterocycles. The number of anilines is 1. The first kappa shape index (κ1) is 15.2. The highest BCUT2D eigenvalue weighted by Crippen LogP contribution is 2.08. The molecule has 0 amide bonds. The Kier molecular flexibility index (Phi) is 6.67. The van der Waals surface area contributed by atoms with E-state index in [0.717, 1.165) is 23.9 Å². The second-order valence-electron chi connectivity index (χ2n) is 4.26. The number of rotatable bonds is 6. The molecule has 19 heavy (non-hydrogen) atoms. The fourth-order valence-corrected chi connectivity index (χ4v) is 1.49. The second kappa shape index (κ2) is 8.31. The van der Waals surface area contributed by atoms with E-state index >= 15 is 0 Å². The SMILES string of the molecule is CN=C(NCCOC)NCc1ccnc(N(C)C)c1. The van der Waals surface area contributed by atoms with Crippen LogP contribution in [0, 0.1) is 0 Å². The highest BCUT2D eigenvalue weighted by molar-refractivity contribution is 5.79. The van der Waals surface area contributed by atoms with Crippen LogP contribution in [0.5, 0.6) is 0 Å². The van der Waals surface area contributed by atoms with Crippen LogP contribution in [0.15, 0.2) is 23.3 Å². The number of nitrogens with one attached hydrogen (secondary N) is 2. The minimum Gasteiger partial charge on any atom is -0.383 e. The normalized spacial score (nSPS) is 11.3. The Balaban J connectivity index is 2.48. The number of ether oxygens (including phenoxy) is 1. The summed E-state index contributed by atoms with van der Waals surface area (Å²) in [7, 11) is 7.38. The Hall–Kier alpha value is -1.82. The molecule has 0 fully saturated rings. The standard InChI is InChI=1S/C13H23N5O/c1-14-13(16-7-8-19-4)17-10-11-5-6-15-12(9-11)18(2)3/h5-6,9H,7-8,10H2,1-4H3,(H2,14,16,17). The number of hydrogen-bond donors (Lipinski definition) is 2. The van der Waals surface area contributed by atoms with Crippen molar-refractivity contribution >= 4 is 11.8 Å². The summed E-state index contributed by atoms with van der Waals surface area (Å²) in [5.41, 5.74) is 1.16. The quantitative estimate of drug-likeness (QED) is 0.444. The van der Waals surface area contributed by atoms with Crippen molar-refractivity contribution in [1.29, 1.82) is 0 Å². The molecule has 6 nitrogen and oxygen atoms in total. The van der Waals surface area contributed by atoms with E-state index in [-0.39, 0.29) is 0 Å². The average Bonchev–Trinajstić information content (AvgIpc) is 2.43. The van der Waals surface area contributed by atoms with Crippen LogP contribution >= 0.6 is 0 Å². The molecule has 0 aliphatic rings. The lowest BCUT2D eigenvalue weighted by atomic mass is 10.2. The third kappa shape index (κ3) is 5.56. The lowest BCUT2D eigenvalue weighted by Gasteiger charge is -2.14. The zero-order chi connectivity index (χ0) is 14.1. The summed E-state index contributed by atoms with van der Waals surface area (Å²) in [6.45, 7) is 2.09. The van der Waals surface area contributed by atoms with Gasteiger partial charge in [-0.05, 0) is 17.7 Å². The molecule has 0 saturated carbocycles. The van der Waals surface area contributed by atoms with Crippen LogP contribution in [0.3, 0.4) is 0 Å². The van der Waals surface area contributed by atoms with Crippen molar-refractivity contribution in [2.75, 3.05) is 46.3 Å². The smallest absolute Gasteiger partial charge is 0.191 e. The predicted octanol–water partition coefficient (Wildman–Crippen LogP) is 0.459. The van der Waals surface area contributed by atoms with E-state index in [2.05, 4.69) is 26.7 Å². The molecule has 0 unspecified atom stereocenters. The van der Waals surface area contributed by atoms with E-state index < -0.39 is 0 Å². The summed E-state index contributed by atoms with van der Waals surface area (Å²) >= 11 is 0. The van der Waals surface area contributed by atoms with Crippen LogP contribution in [-0.4, -0.2) is 52.3 Å². The molecular weight excluding hydrogens is 242 g/mol. The largest absolute Gasteiger partial charge is 0.383 e. The van der Waals surface area contributed by atoms with E-state index in [1.165, 1.54) is 0 Å². The van der Waals surface area contributed by atoms with E-state index in [0.29, 0.717) is 13.2 Å². The zero-order valence-corrected chi connectivity index (χ0v) is 12.1. The van der Waals surface area contributed by atoms with Crippen LogP contribution in [0.2, 0.25) is 0 Å². The molecule has 0 radical (unpaired) electrons. The lowest BCUT2D eigenvalue weighted by Crippen LogP contribution is -2.38. The fraction of sp³-hybridized carbons (Fsp3) is 0.538. The van der Waals surface area contributed by atoms with E-state index in [1.807, 2.05) is 31.3 Å². The fourth-order valence-electron chi connectivity index (χ4n) is 1.49. The van der Waals surface area contributed by atoms with Gasteiger partial charge in [-0.25, -0.2) is 4.98 Å². The Bertz CT molecular complexity index is 406. The van der Waals surface area contributed by atoms with E-state index in [4.69, 9.17) is 4.74 Å². The van der Waals surface area contributed by atoms with Crippen LogP contribution in [0.1, 0.15) is 5.56 Å². The Morgan fingerprint density at radius 3 is 2.84 bits per heavy atom. The molecule has 2 N–H and O–H groups in total. The Morgan fingerprint density at radius 1 is 1.42 bits per heavy atom. The van der Waals surface area contributed by atoms with Gasteiger partial charge in [0.1, 0.15) is 5.82 Å². The number of aromatic nitrogens is 1. The summed E-state index contributed by atoms with van der Waals surface area (Å²) in [5.74, 6) is 1.71. The third-order valence-electron chi connectivity index (χ3n) is 2.55. The van der Waals surface area contributed by atoms with Crippen molar-refractivity contribution < 1.29 is 4.74 Å². The topological polar surface area (TPSA) is 61.8 Å². The highest BCUT2D eigenvalue weighted by atomic mass is 16.5. The van der Waals surface area contributed by atoms with Crippen molar-refractivity contribution in [3.05, 3.63) is 23.9 Å². The predicted molar refractivity (Wildman–Crippen MR) is 78.6 cm³/mol. The summed E-state index contributed by atoms with van der Waals surface area (Å²) in [4.78, 5) is 10.4. The molecular formula is C13H23N5O. The molecule has 1 aromatic heterocycles. The van der Waals surface area contributed by atoms with Gasteiger partial charge in [0.05, 0.1) is 6.61 Å². The number of pyridine rings is 1. The van der Waals surface area contributed by atoms with Gasteiger partial charge in [-0.1, -0.05) is 0 Å². The summed E-state index contributed by atoms with van der Waals surface area (Å²) in [6, 6.07) is 4.04. The zero-order valence-electron chi connectivity index (χ0n) is 12.1. The third-order valence-corrected chi connectivity index (χ3v) is 2.55. The number of guanidine groups is 1. The molecule has 0 bridgehead atoms. The molecule has 6 heteroatoms. The first-order chi connectivity index (χ1) is 9.17. The molecule has 1 aromatic rings. The van der Waals surface area contributed by atoms with Crippen LogP contribution < -0.4 is 15.5 Å². The van der Waals surface area contributed by atoms with Crippen LogP contribution in [-0.2, 0) is 11.3 Å². The van der Waals surface area contributed by atoms with Crippen LogP contribution in [0.25, 0.3) is 0 Å². The first-order valence-electron chi connectivity index (χ1n) is 6.23. The molecule has 0 aromatic carbocycles. The maximum absolute atomic E-state index is 4.98. The molecule has 1 rings (SSSR count). The first-order valence-corrected chi connectivity index (χ1v) is 6.23.